The molecule has 0 bridgehead atoms. The van der Waals surface area contributed by atoms with Crippen molar-refractivity contribution in [3.05, 3.63) is 41.5 Å². The zero-order chi connectivity index (χ0) is 14.5. The molecule has 1 aromatic carbocycles. The molecule has 104 valence electrons. The van der Waals surface area contributed by atoms with Crippen molar-refractivity contribution in [1.29, 1.82) is 0 Å². The largest absolute Gasteiger partial charge is 0.343 e. The predicted molar refractivity (Wildman–Crippen MR) is 73.1 cm³/mol. The van der Waals surface area contributed by atoms with Crippen LogP contribution in [0.5, 0.6) is 0 Å². The second-order valence-electron chi connectivity index (χ2n) is 4.35. The molecule has 0 saturated heterocycles. The lowest BCUT2D eigenvalue weighted by molar-refractivity contribution is -0.150. The van der Waals surface area contributed by atoms with Crippen LogP contribution < -0.4 is 0 Å². The first-order valence-electron chi connectivity index (χ1n) is 6.33. The Morgan fingerprint density at radius 1 is 1.32 bits per heavy atom. The van der Waals surface area contributed by atoms with Crippen LogP contribution in [0.15, 0.2) is 30.3 Å². The Bertz CT molecular complexity index is 465. The van der Waals surface area contributed by atoms with E-state index in [0.717, 1.165) is 10.5 Å². The van der Waals surface area contributed by atoms with Crippen LogP contribution in [0, 0.1) is 6.92 Å². The van der Waals surface area contributed by atoms with Crippen LogP contribution in [0.25, 0.3) is 6.08 Å². The lowest BCUT2D eigenvalue weighted by atomic mass is 10.1. The van der Waals surface area contributed by atoms with Gasteiger partial charge < -0.3 is 4.90 Å². The predicted octanol–water partition coefficient (Wildman–Crippen LogP) is 3.51. The number of nitrogens with zero attached hydrogens (tertiary/aromatic N) is 1. The molecule has 0 spiro atoms. The Labute approximate surface area is 112 Å². The van der Waals surface area contributed by atoms with Gasteiger partial charge in [0.05, 0.1) is 0 Å². The van der Waals surface area contributed by atoms with Gasteiger partial charge >= 0.3 is 5.92 Å². The van der Waals surface area contributed by atoms with Crippen molar-refractivity contribution in [2.24, 2.45) is 0 Å². The summed E-state index contributed by atoms with van der Waals surface area (Å²) in [5.41, 5.74) is 1.65. The third-order valence-corrected chi connectivity index (χ3v) is 2.86. The van der Waals surface area contributed by atoms with Crippen LogP contribution in [-0.2, 0) is 4.79 Å². The Hall–Kier alpha value is -1.71. The number of amides is 1. The fourth-order valence-electron chi connectivity index (χ4n) is 1.77. The van der Waals surface area contributed by atoms with E-state index in [0.29, 0.717) is 11.6 Å². The molecule has 4 heteroatoms. The highest BCUT2D eigenvalue weighted by Crippen LogP contribution is 2.20. The van der Waals surface area contributed by atoms with E-state index in [1.165, 1.54) is 6.08 Å². The molecule has 0 heterocycles. The van der Waals surface area contributed by atoms with E-state index < -0.39 is 11.8 Å². The van der Waals surface area contributed by atoms with E-state index in [9.17, 15) is 13.6 Å². The SMILES string of the molecule is CCN(CC)C(=O)C(F)(F)/C=C/c1cccc(C)c1. The molecule has 0 aliphatic carbocycles. The van der Waals surface area contributed by atoms with Gasteiger partial charge in [0.1, 0.15) is 0 Å². The summed E-state index contributed by atoms with van der Waals surface area (Å²) in [6.07, 6.45) is 1.96. The number of carbonyl (C=O) groups excluding carboxylic acids is 1. The van der Waals surface area contributed by atoms with E-state index in [-0.39, 0.29) is 13.1 Å². The quantitative estimate of drug-likeness (QED) is 0.799. The molecule has 0 unspecified atom stereocenters. The minimum Gasteiger partial charge on any atom is -0.338 e. The number of hydrogen-bond donors (Lipinski definition) is 0. The van der Waals surface area contributed by atoms with Crippen molar-refractivity contribution in [3.63, 3.8) is 0 Å². The summed E-state index contributed by atoms with van der Waals surface area (Å²) in [6, 6.07) is 7.19. The van der Waals surface area contributed by atoms with Crippen LogP contribution >= 0.6 is 0 Å². The summed E-state index contributed by atoms with van der Waals surface area (Å²) >= 11 is 0. The topological polar surface area (TPSA) is 20.3 Å². The number of benzene rings is 1. The van der Waals surface area contributed by atoms with E-state index >= 15 is 0 Å². The summed E-state index contributed by atoms with van der Waals surface area (Å²) in [6.45, 7) is 5.81. The van der Waals surface area contributed by atoms with Crippen LogP contribution in [0.4, 0.5) is 8.78 Å². The standard InChI is InChI=1S/C15H19F2NO/c1-4-18(5-2)14(19)15(16,17)10-9-13-8-6-7-12(3)11-13/h6-11H,4-5H2,1-3H3/b10-9+. The minimum atomic E-state index is -3.46. The molecule has 2 nitrogen and oxygen atoms in total. The molecule has 0 N–H and O–H groups in total. The monoisotopic (exact) mass is 267 g/mol. The minimum absolute atomic E-state index is 0.281. The maximum atomic E-state index is 13.7. The van der Waals surface area contributed by atoms with Crippen molar-refractivity contribution in [2.75, 3.05) is 13.1 Å². The van der Waals surface area contributed by atoms with E-state index in [2.05, 4.69) is 0 Å². The third kappa shape index (κ3) is 4.16. The van der Waals surface area contributed by atoms with Gasteiger partial charge in [0.2, 0.25) is 0 Å². The van der Waals surface area contributed by atoms with Crippen LogP contribution in [0.1, 0.15) is 25.0 Å². The van der Waals surface area contributed by atoms with Gasteiger partial charge in [0.15, 0.2) is 0 Å². The second kappa shape index (κ2) is 6.45. The number of carbonyl (C=O) groups is 1. The molecule has 0 aliphatic heterocycles. The molecule has 1 aromatic rings. The number of alkyl halides is 2. The van der Waals surface area contributed by atoms with E-state index in [1.807, 2.05) is 13.0 Å². The Morgan fingerprint density at radius 2 is 1.95 bits per heavy atom. The van der Waals surface area contributed by atoms with Crippen molar-refractivity contribution in [3.8, 4) is 0 Å². The average Bonchev–Trinajstić information content (AvgIpc) is 2.38. The highest BCUT2D eigenvalue weighted by molar-refractivity contribution is 5.86. The molecular formula is C15H19F2NO. The molecule has 0 saturated carbocycles. The number of halogens is 2. The van der Waals surface area contributed by atoms with Crippen LogP contribution in [-0.4, -0.2) is 29.8 Å². The molecule has 0 atom stereocenters. The third-order valence-electron chi connectivity index (χ3n) is 2.86. The summed E-state index contributed by atoms with van der Waals surface area (Å²) in [7, 11) is 0. The summed E-state index contributed by atoms with van der Waals surface area (Å²) in [4.78, 5) is 12.8. The van der Waals surface area contributed by atoms with Crippen LogP contribution in [0.3, 0.4) is 0 Å². The van der Waals surface area contributed by atoms with Gasteiger partial charge in [0.25, 0.3) is 5.91 Å². The average molecular weight is 267 g/mol. The highest BCUT2D eigenvalue weighted by atomic mass is 19.3. The number of rotatable bonds is 5. The van der Waals surface area contributed by atoms with Gasteiger partial charge in [-0.1, -0.05) is 35.9 Å². The normalized spacial score (nSPS) is 11.8. The first-order chi connectivity index (χ1) is 8.90. The van der Waals surface area contributed by atoms with Gasteiger partial charge in [-0.25, -0.2) is 0 Å². The zero-order valence-electron chi connectivity index (χ0n) is 11.5. The zero-order valence-corrected chi connectivity index (χ0v) is 11.5. The van der Waals surface area contributed by atoms with Crippen molar-refractivity contribution in [2.45, 2.75) is 26.7 Å². The summed E-state index contributed by atoms with van der Waals surface area (Å²) in [5.74, 6) is -4.61. The van der Waals surface area contributed by atoms with Crippen LogP contribution in [0.2, 0.25) is 0 Å². The van der Waals surface area contributed by atoms with Gasteiger partial charge in [-0.2, -0.15) is 8.78 Å². The molecule has 0 aliphatic rings. The Kier molecular flexibility index (Phi) is 5.21. The second-order valence-corrected chi connectivity index (χ2v) is 4.35. The molecular weight excluding hydrogens is 248 g/mol. The van der Waals surface area contributed by atoms with Crippen molar-refractivity contribution >= 4 is 12.0 Å². The molecule has 0 aromatic heterocycles. The van der Waals surface area contributed by atoms with Crippen molar-refractivity contribution < 1.29 is 13.6 Å². The number of aryl methyl sites for hydroxylation is 1. The highest BCUT2D eigenvalue weighted by Gasteiger charge is 2.38. The first-order valence-corrected chi connectivity index (χ1v) is 6.33. The maximum absolute atomic E-state index is 13.7. The maximum Gasteiger partial charge on any atom is 0.343 e. The smallest absolute Gasteiger partial charge is 0.338 e. The Balaban J connectivity index is 2.86. The lowest BCUT2D eigenvalue weighted by Crippen LogP contribution is -2.42. The number of hydrogen-bond acceptors (Lipinski definition) is 1. The van der Waals surface area contributed by atoms with Gasteiger partial charge in [-0.05, 0) is 32.4 Å². The Morgan fingerprint density at radius 3 is 2.47 bits per heavy atom. The van der Waals surface area contributed by atoms with Crippen molar-refractivity contribution in [1.82, 2.24) is 4.90 Å². The van der Waals surface area contributed by atoms with Gasteiger partial charge in [-0.15, -0.1) is 0 Å². The first kappa shape index (κ1) is 15.3. The van der Waals surface area contributed by atoms with E-state index in [4.69, 9.17) is 0 Å². The fraction of sp³-hybridized carbons (Fsp3) is 0.400. The lowest BCUT2D eigenvalue weighted by Gasteiger charge is -2.22. The molecule has 0 radical (unpaired) electrons. The van der Waals surface area contributed by atoms with E-state index in [1.54, 1.807) is 32.0 Å². The molecule has 19 heavy (non-hydrogen) atoms. The van der Waals surface area contributed by atoms with Gasteiger partial charge in [0, 0.05) is 13.1 Å². The summed E-state index contributed by atoms with van der Waals surface area (Å²) in [5, 5.41) is 0. The molecule has 1 rings (SSSR count). The van der Waals surface area contributed by atoms with Gasteiger partial charge in [-0.3, -0.25) is 4.79 Å². The molecule has 1 amide bonds. The molecule has 0 fully saturated rings. The fourth-order valence-corrected chi connectivity index (χ4v) is 1.77. The summed E-state index contributed by atoms with van der Waals surface area (Å²) < 4.78 is 27.5.